The van der Waals surface area contributed by atoms with E-state index in [1.165, 1.54) is 19.3 Å². The van der Waals surface area contributed by atoms with Crippen molar-refractivity contribution in [2.75, 3.05) is 19.8 Å². The van der Waals surface area contributed by atoms with Crippen LogP contribution in [0, 0.1) is 0 Å². The van der Waals surface area contributed by atoms with Crippen molar-refractivity contribution in [3.63, 3.8) is 0 Å². The Morgan fingerprint density at radius 2 is 1.78 bits per heavy atom. The van der Waals surface area contributed by atoms with Crippen LogP contribution in [0.3, 0.4) is 0 Å². The molecule has 0 aliphatic heterocycles. The zero-order valence-corrected chi connectivity index (χ0v) is 13.5. The lowest BCUT2D eigenvalue weighted by molar-refractivity contribution is -0.138. The second kappa shape index (κ2) is 11.3. The van der Waals surface area contributed by atoms with Crippen LogP contribution < -0.4 is 14.8 Å². The number of nitrogens with one attached hydrogen (secondary N) is 1. The van der Waals surface area contributed by atoms with Crippen molar-refractivity contribution in [2.45, 2.75) is 39.0 Å². The molecule has 0 saturated carbocycles. The summed E-state index contributed by atoms with van der Waals surface area (Å²) in [6.45, 7) is 2.20. The molecule has 1 rings (SSSR count). The highest BCUT2D eigenvalue weighted by atomic mass is 16.5. The molecule has 6 heteroatoms. The van der Waals surface area contributed by atoms with Gasteiger partial charge in [0.15, 0.2) is 6.61 Å². The summed E-state index contributed by atoms with van der Waals surface area (Å²) < 4.78 is 11.0. The minimum absolute atomic E-state index is 0.228. The lowest BCUT2D eigenvalue weighted by Crippen LogP contribution is -2.33. The summed E-state index contributed by atoms with van der Waals surface area (Å²) in [5, 5.41) is 10.7. The molecule has 128 valence electrons. The molecule has 6 nitrogen and oxygen atoms in total. The topological polar surface area (TPSA) is 84.9 Å². The van der Waals surface area contributed by atoms with Gasteiger partial charge in [-0.05, 0) is 18.6 Å². The Bertz CT molecular complexity index is 490. The smallest absolute Gasteiger partial charge is 0.322 e. The van der Waals surface area contributed by atoms with E-state index >= 15 is 0 Å². The van der Waals surface area contributed by atoms with E-state index in [0.717, 1.165) is 12.8 Å². The zero-order chi connectivity index (χ0) is 16.9. The van der Waals surface area contributed by atoms with Crippen LogP contribution in [0.4, 0.5) is 0 Å². The van der Waals surface area contributed by atoms with Gasteiger partial charge in [-0.1, -0.05) is 38.7 Å². The minimum Gasteiger partial charge on any atom is -0.493 e. The number of carboxylic acid groups (broad SMARTS) is 1. The number of aliphatic carboxylic acids is 1. The van der Waals surface area contributed by atoms with Crippen molar-refractivity contribution in [2.24, 2.45) is 0 Å². The van der Waals surface area contributed by atoms with Gasteiger partial charge in [0, 0.05) is 6.07 Å². The molecule has 0 radical (unpaired) electrons. The Kier molecular flexibility index (Phi) is 9.28. The van der Waals surface area contributed by atoms with Crippen molar-refractivity contribution in [1.29, 1.82) is 0 Å². The normalized spacial score (nSPS) is 10.1. The molecule has 1 aromatic rings. The maximum atomic E-state index is 11.4. The van der Waals surface area contributed by atoms with Crippen LogP contribution in [0.25, 0.3) is 0 Å². The van der Waals surface area contributed by atoms with E-state index < -0.39 is 18.4 Å². The molecule has 0 saturated heterocycles. The molecular formula is C17H25NO5. The lowest BCUT2D eigenvalue weighted by Gasteiger charge is -2.09. The predicted molar refractivity (Wildman–Crippen MR) is 86.8 cm³/mol. The standard InChI is InChI=1S/C17H25NO5/c1-2-3-4-5-6-10-22-14-8-7-9-15(11-14)23-13-16(19)18-12-17(20)21/h7-9,11H,2-6,10,12-13H2,1H3,(H,18,19)(H,20,21). The van der Waals surface area contributed by atoms with Crippen LogP contribution in [0.5, 0.6) is 11.5 Å². The van der Waals surface area contributed by atoms with E-state index in [2.05, 4.69) is 12.2 Å². The van der Waals surface area contributed by atoms with Crippen molar-refractivity contribution in [1.82, 2.24) is 5.32 Å². The number of carbonyl (C=O) groups excluding carboxylic acids is 1. The van der Waals surface area contributed by atoms with Gasteiger partial charge in [-0.3, -0.25) is 9.59 Å². The maximum Gasteiger partial charge on any atom is 0.322 e. The molecule has 2 N–H and O–H groups in total. The van der Waals surface area contributed by atoms with Gasteiger partial charge in [-0.2, -0.15) is 0 Å². The van der Waals surface area contributed by atoms with Crippen molar-refractivity contribution in [3.05, 3.63) is 24.3 Å². The predicted octanol–water partition coefficient (Wildman–Crippen LogP) is 2.62. The average molecular weight is 323 g/mol. The quantitative estimate of drug-likeness (QED) is 0.578. The van der Waals surface area contributed by atoms with Gasteiger partial charge in [0.2, 0.25) is 0 Å². The van der Waals surface area contributed by atoms with Gasteiger partial charge < -0.3 is 19.9 Å². The number of carbonyl (C=O) groups is 2. The monoisotopic (exact) mass is 323 g/mol. The van der Waals surface area contributed by atoms with Gasteiger partial charge in [-0.25, -0.2) is 0 Å². The number of hydrogen-bond acceptors (Lipinski definition) is 4. The first-order chi connectivity index (χ1) is 11.1. The third-order valence-electron chi connectivity index (χ3n) is 3.13. The average Bonchev–Trinajstić information content (AvgIpc) is 2.54. The summed E-state index contributed by atoms with van der Waals surface area (Å²) in [6, 6.07) is 7.06. The summed E-state index contributed by atoms with van der Waals surface area (Å²) in [5.74, 6) is -0.356. The van der Waals surface area contributed by atoms with Crippen molar-refractivity contribution in [3.8, 4) is 11.5 Å². The molecule has 0 atom stereocenters. The molecular weight excluding hydrogens is 298 g/mol. The number of unbranched alkanes of at least 4 members (excludes halogenated alkanes) is 4. The highest BCUT2D eigenvalue weighted by molar-refractivity contribution is 5.82. The fourth-order valence-electron chi connectivity index (χ4n) is 1.92. The van der Waals surface area contributed by atoms with E-state index in [1.807, 2.05) is 6.07 Å². The summed E-state index contributed by atoms with van der Waals surface area (Å²) in [6.07, 6.45) is 5.89. The molecule has 0 aliphatic rings. The third-order valence-corrected chi connectivity index (χ3v) is 3.13. The summed E-state index contributed by atoms with van der Waals surface area (Å²) in [4.78, 5) is 21.7. The second-order valence-corrected chi connectivity index (χ2v) is 5.20. The van der Waals surface area contributed by atoms with Gasteiger partial charge in [0.05, 0.1) is 6.61 Å². The number of carboxylic acids is 1. The third kappa shape index (κ3) is 9.39. The van der Waals surface area contributed by atoms with Gasteiger partial charge in [0.25, 0.3) is 5.91 Å². The Morgan fingerprint density at radius 3 is 2.48 bits per heavy atom. The minimum atomic E-state index is -1.09. The van der Waals surface area contributed by atoms with Crippen LogP contribution in [0.2, 0.25) is 0 Å². The highest BCUT2D eigenvalue weighted by Crippen LogP contribution is 2.19. The summed E-state index contributed by atoms with van der Waals surface area (Å²) in [5.41, 5.74) is 0. The van der Waals surface area contributed by atoms with Crippen molar-refractivity contribution >= 4 is 11.9 Å². The number of hydrogen-bond donors (Lipinski definition) is 2. The van der Waals surface area contributed by atoms with Crippen LogP contribution in [0.15, 0.2) is 24.3 Å². The molecule has 0 unspecified atom stereocenters. The van der Waals surface area contributed by atoms with Crippen LogP contribution in [-0.2, 0) is 9.59 Å². The Labute approximate surface area is 136 Å². The number of benzene rings is 1. The second-order valence-electron chi connectivity index (χ2n) is 5.20. The molecule has 0 fully saturated rings. The number of amides is 1. The zero-order valence-electron chi connectivity index (χ0n) is 13.5. The first-order valence-corrected chi connectivity index (χ1v) is 7.96. The first-order valence-electron chi connectivity index (χ1n) is 7.96. The fourth-order valence-corrected chi connectivity index (χ4v) is 1.92. The van der Waals surface area contributed by atoms with Crippen molar-refractivity contribution < 1.29 is 24.2 Å². The van der Waals surface area contributed by atoms with E-state index in [-0.39, 0.29) is 6.61 Å². The van der Waals surface area contributed by atoms with Crippen LogP contribution in [0.1, 0.15) is 39.0 Å². The van der Waals surface area contributed by atoms with Crippen LogP contribution >= 0.6 is 0 Å². The molecule has 0 aromatic heterocycles. The molecule has 23 heavy (non-hydrogen) atoms. The van der Waals surface area contributed by atoms with E-state index in [9.17, 15) is 9.59 Å². The van der Waals surface area contributed by atoms with E-state index in [0.29, 0.717) is 18.1 Å². The Hall–Kier alpha value is -2.24. The molecule has 0 bridgehead atoms. The fraction of sp³-hybridized carbons (Fsp3) is 0.529. The highest BCUT2D eigenvalue weighted by Gasteiger charge is 2.05. The van der Waals surface area contributed by atoms with Crippen LogP contribution in [-0.4, -0.2) is 36.7 Å². The molecule has 0 heterocycles. The van der Waals surface area contributed by atoms with Gasteiger partial charge in [0.1, 0.15) is 18.0 Å². The van der Waals surface area contributed by atoms with Gasteiger partial charge in [-0.15, -0.1) is 0 Å². The molecule has 1 aromatic carbocycles. The summed E-state index contributed by atoms with van der Waals surface area (Å²) >= 11 is 0. The Balaban J connectivity index is 2.27. The molecule has 0 spiro atoms. The molecule has 0 aliphatic carbocycles. The summed E-state index contributed by atoms with van der Waals surface area (Å²) in [7, 11) is 0. The maximum absolute atomic E-state index is 11.4. The van der Waals surface area contributed by atoms with E-state index in [1.54, 1.807) is 18.2 Å². The largest absolute Gasteiger partial charge is 0.493 e. The lowest BCUT2D eigenvalue weighted by atomic mass is 10.2. The Morgan fingerprint density at radius 1 is 1.09 bits per heavy atom. The number of rotatable bonds is 12. The first kappa shape index (κ1) is 18.8. The number of ether oxygens (including phenoxy) is 2. The van der Waals surface area contributed by atoms with Gasteiger partial charge >= 0.3 is 5.97 Å². The van der Waals surface area contributed by atoms with E-state index in [4.69, 9.17) is 14.6 Å². The SMILES string of the molecule is CCCCCCCOc1cccc(OCC(=O)NCC(=O)O)c1. The molecule has 1 amide bonds.